The quantitative estimate of drug-likeness (QED) is 0.596. The van der Waals surface area contributed by atoms with E-state index in [1.54, 1.807) is 25.7 Å². The molecule has 0 aliphatic rings. The third-order valence-electron chi connectivity index (χ3n) is 4.64. The topological polar surface area (TPSA) is 68.1 Å². The van der Waals surface area contributed by atoms with Crippen LogP contribution in [0.15, 0.2) is 67.1 Å². The van der Waals surface area contributed by atoms with Crippen molar-refractivity contribution in [2.24, 2.45) is 0 Å². The summed E-state index contributed by atoms with van der Waals surface area (Å²) in [5, 5.41) is 12.0. The van der Waals surface area contributed by atoms with E-state index in [1.165, 1.54) is 0 Å². The summed E-state index contributed by atoms with van der Waals surface area (Å²) >= 11 is 0. The maximum absolute atomic E-state index is 11.2. The zero-order valence-electron chi connectivity index (χ0n) is 15.1. The highest BCUT2D eigenvalue weighted by Gasteiger charge is 2.19. The van der Waals surface area contributed by atoms with Gasteiger partial charge in [-0.3, -0.25) is 9.97 Å². The Bertz CT molecular complexity index is 1100. The molecule has 3 aromatic heterocycles. The molecule has 5 heteroatoms. The minimum Gasteiger partial charge on any atom is -0.497 e. The first-order valence-electron chi connectivity index (χ1n) is 8.66. The number of aliphatic hydroxyl groups excluding tert-OH is 1. The molecule has 1 atom stereocenters. The van der Waals surface area contributed by atoms with E-state index < -0.39 is 6.10 Å². The molecule has 0 aliphatic carbocycles. The molecule has 0 saturated heterocycles. The van der Waals surface area contributed by atoms with Gasteiger partial charge in [0.15, 0.2) is 0 Å². The van der Waals surface area contributed by atoms with Crippen LogP contribution in [-0.2, 0) is 0 Å². The number of hydrogen-bond acceptors (Lipinski definition) is 5. The molecule has 134 valence electrons. The molecule has 0 unspecified atom stereocenters. The maximum atomic E-state index is 11.2. The van der Waals surface area contributed by atoms with Crippen molar-refractivity contribution < 1.29 is 9.84 Å². The van der Waals surface area contributed by atoms with Crippen molar-refractivity contribution in [3.63, 3.8) is 0 Å². The van der Waals surface area contributed by atoms with E-state index in [0.29, 0.717) is 5.69 Å². The van der Waals surface area contributed by atoms with E-state index in [4.69, 9.17) is 9.72 Å². The smallest absolute Gasteiger partial charge is 0.122 e. The number of methoxy groups -OCH3 is 1. The fourth-order valence-corrected chi connectivity index (χ4v) is 3.21. The molecule has 0 bridgehead atoms. The average molecular weight is 357 g/mol. The largest absolute Gasteiger partial charge is 0.497 e. The van der Waals surface area contributed by atoms with Gasteiger partial charge in [0, 0.05) is 29.5 Å². The van der Waals surface area contributed by atoms with Crippen LogP contribution in [0, 0.1) is 6.92 Å². The van der Waals surface area contributed by atoms with Gasteiger partial charge in [-0.15, -0.1) is 0 Å². The summed E-state index contributed by atoms with van der Waals surface area (Å²) < 4.78 is 5.27. The van der Waals surface area contributed by atoms with Gasteiger partial charge >= 0.3 is 0 Å². The normalized spacial score (nSPS) is 12.1. The van der Waals surface area contributed by atoms with Crippen LogP contribution in [0.5, 0.6) is 5.75 Å². The number of fused-ring (bicyclic) bond motifs is 1. The molecule has 4 rings (SSSR count). The molecule has 0 saturated carbocycles. The highest BCUT2D eigenvalue weighted by atomic mass is 16.5. The van der Waals surface area contributed by atoms with Gasteiger partial charge in [-0.25, -0.2) is 4.98 Å². The molecule has 1 aromatic carbocycles. The van der Waals surface area contributed by atoms with E-state index in [0.717, 1.165) is 39.0 Å². The molecule has 27 heavy (non-hydrogen) atoms. The summed E-state index contributed by atoms with van der Waals surface area (Å²) in [7, 11) is 1.63. The van der Waals surface area contributed by atoms with Crippen molar-refractivity contribution in [3.05, 3.63) is 83.9 Å². The second-order valence-corrected chi connectivity index (χ2v) is 6.32. The number of benzene rings is 1. The number of aromatic nitrogens is 3. The number of aryl methyl sites for hydroxylation is 1. The van der Waals surface area contributed by atoms with Crippen molar-refractivity contribution in [3.8, 4) is 17.0 Å². The Morgan fingerprint density at radius 1 is 1.00 bits per heavy atom. The van der Waals surface area contributed by atoms with Gasteiger partial charge in [0.1, 0.15) is 11.9 Å². The van der Waals surface area contributed by atoms with Crippen molar-refractivity contribution >= 4 is 10.9 Å². The van der Waals surface area contributed by atoms with Gasteiger partial charge in [0.05, 0.1) is 24.0 Å². The average Bonchev–Trinajstić information content (AvgIpc) is 2.73. The molecular formula is C22H19N3O2. The van der Waals surface area contributed by atoms with E-state index in [9.17, 15) is 5.11 Å². The Hall–Kier alpha value is -3.31. The first-order chi connectivity index (χ1) is 13.2. The molecular weight excluding hydrogens is 338 g/mol. The summed E-state index contributed by atoms with van der Waals surface area (Å²) in [6.45, 7) is 1.95. The Kier molecular flexibility index (Phi) is 4.52. The predicted molar refractivity (Wildman–Crippen MR) is 105 cm³/mol. The van der Waals surface area contributed by atoms with Crippen LogP contribution in [0.2, 0.25) is 0 Å². The Morgan fingerprint density at radius 3 is 2.56 bits per heavy atom. The molecule has 0 radical (unpaired) electrons. The standard InChI is InChI=1S/C22H19N3O2/c1-14-12-16(27-2)5-6-17(14)22(26)21-18-4-3-9-24-20(18)13-19(25-21)15-7-10-23-11-8-15/h3-13,22,26H,1-2H3/t22-/m0/s1. The Labute approximate surface area is 157 Å². The lowest BCUT2D eigenvalue weighted by atomic mass is 9.97. The Balaban J connectivity index is 1.89. The van der Waals surface area contributed by atoms with Crippen LogP contribution >= 0.6 is 0 Å². The van der Waals surface area contributed by atoms with Crippen LogP contribution in [-0.4, -0.2) is 27.2 Å². The van der Waals surface area contributed by atoms with Crippen molar-refractivity contribution in [1.82, 2.24) is 15.0 Å². The van der Waals surface area contributed by atoms with Crippen molar-refractivity contribution in [2.75, 3.05) is 7.11 Å². The van der Waals surface area contributed by atoms with Gasteiger partial charge in [0.25, 0.3) is 0 Å². The number of ether oxygens (including phenoxy) is 1. The number of rotatable bonds is 4. The molecule has 3 heterocycles. The van der Waals surface area contributed by atoms with Crippen molar-refractivity contribution in [2.45, 2.75) is 13.0 Å². The molecule has 0 spiro atoms. The SMILES string of the molecule is COc1ccc([C@H](O)c2nc(-c3ccncc3)cc3ncccc23)c(C)c1. The van der Waals surface area contributed by atoms with Crippen LogP contribution < -0.4 is 4.74 Å². The summed E-state index contributed by atoms with van der Waals surface area (Å²) in [5.74, 6) is 0.758. The van der Waals surface area contributed by atoms with Gasteiger partial charge in [-0.2, -0.15) is 0 Å². The number of hydrogen-bond donors (Lipinski definition) is 1. The molecule has 0 amide bonds. The second kappa shape index (κ2) is 7.13. The highest BCUT2D eigenvalue weighted by Crippen LogP contribution is 2.32. The lowest BCUT2D eigenvalue weighted by molar-refractivity contribution is 0.216. The third kappa shape index (κ3) is 3.25. The minimum atomic E-state index is -0.871. The van der Waals surface area contributed by atoms with E-state index in [1.807, 2.05) is 55.5 Å². The van der Waals surface area contributed by atoms with Gasteiger partial charge in [-0.05, 0) is 60.5 Å². The molecule has 4 aromatic rings. The Morgan fingerprint density at radius 2 is 1.81 bits per heavy atom. The highest BCUT2D eigenvalue weighted by molar-refractivity contribution is 5.85. The van der Waals surface area contributed by atoms with E-state index >= 15 is 0 Å². The summed E-state index contributed by atoms with van der Waals surface area (Å²) in [6, 6.07) is 15.1. The molecule has 0 aliphatic heterocycles. The van der Waals surface area contributed by atoms with Gasteiger partial charge in [-0.1, -0.05) is 6.07 Å². The zero-order valence-corrected chi connectivity index (χ0v) is 15.1. The fourth-order valence-electron chi connectivity index (χ4n) is 3.21. The molecule has 1 N–H and O–H groups in total. The first kappa shape index (κ1) is 17.1. The number of pyridine rings is 3. The lowest BCUT2D eigenvalue weighted by Crippen LogP contribution is -2.07. The second-order valence-electron chi connectivity index (χ2n) is 6.32. The number of aliphatic hydroxyl groups is 1. The summed E-state index contributed by atoms with van der Waals surface area (Å²) in [6.07, 6.45) is 4.32. The van der Waals surface area contributed by atoms with Crippen molar-refractivity contribution in [1.29, 1.82) is 0 Å². The monoisotopic (exact) mass is 357 g/mol. The molecule has 0 fully saturated rings. The van der Waals surface area contributed by atoms with Crippen LogP contribution in [0.25, 0.3) is 22.2 Å². The van der Waals surface area contributed by atoms with Gasteiger partial charge < -0.3 is 9.84 Å². The predicted octanol–water partition coefficient (Wildman–Crippen LogP) is 4.09. The van der Waals surface area contributed by atoms with Crippen LogP contribution in [0.4, 0.5) is 0 Å². The van der Waals surface area contributed by atoms with Crippen LogP contribution in [0.3, 0.4) is 0 Å². The van der Waals surface area contributed by atoms with Crippen LogP contribution in [0.1, 0.15) is 22.9 Å². The third-order valence-corrected chi connectivity index (χ3v) is 4.64. The fraction of sp³-hybridized carbons (Fsp3) is 0.136. The van der Waals surface area contributed by atoms with Gasteiger partial charge in [0.2, 0.25) is 0 Å². The summed E-state index contributed by atoms with van der Waals surface area (Å²) in [5.41, 5.74) is 4.79. The zero-order chi connectivity index (χ0) is 18.8. The molecule has 5 nitrogen and oxygen atoms in total. The summed E-state index contributed by atoms with van der Waals surface area (Å²) in [4.78, 5) is 13.3. The van der Waals surface area contributed by atoms with E-state index in [-0.39, 0.29) is 0 Å². The first-order valence-corrected chi connectivity index (χ1v) is 8.66. The van der Waals surface area contributed by atoms with E-state index in [2.05, 4.69) is 9.97 Å². The lowest BCUT2D eigenvalue weighted by Gasteiger charge is -2.17. The maximum Gasteiger partial charge on any atom is 0.122 e. The minimum absolute atomic E-state index is 0.584. The number of nitrogens with zero attached hydrogens (tertiary/aromatic N) is 3.